The fourth-order valence-electron chi connectivity index (χ4n) is 1.83. The first-order valence-electron chi connectivity index (χ1n) is 5.52. The Labute approximate surface area is 113 Å². The Bertz CT molecular complexity index is 557. The van der Waals surface area contributed by atoms with Crippen molar-refractivity contribution in [2.75, 3.05) is 0 Å². The highest BCUT2D eigenvalue weighted by molar-refractivity contribution is 9.10. The third-order valence-corrected chi connectivity index (χ3v) is 3.66. The first kappa shape index (κ1) is 13.2. The summed E-state index contributed by atoms with van der Waals surface area (Å²) in [4.78, 5) is 0. The molecule has 0 fully saturated rings. The average Bonchev–Trinajstić information content (AvgIpc) is 2.35. The molecule has 1 nitrogen and oxygen atoms in total. The summed E-state index contributed by atoms with van der Waals surface area (Å²) >= 11 is 3.18. The highest BCUT2D eigenvalue weighted by atomic mass is 79.9. The lowest BCUT2D eigenvalue weighted by molar-refractivity contribution is 0.577. The molecule has 1 atom stereocenters. The number of hydrogen-bond donors (Lipinski definition) is 1. The van der Waals surface area contributed by atoms with Crippen LogP contribution in [0.25, 0.3) is 0 Å². The van der Waals surface area contributed by atoms with Gasteiger partial charge in [-0.3, -0.25) is 0 Å². The van der Waals surface area contributed by atoms with Crippen LogP contribution < -0.4 is 5.73 Å². The summed E-state index contributed by atoms with van der Waals surface area (Å²) in [6.45, 7) is 0. The molecule has 18 heavy (non-hydrogen) atoms. The molecule has 2 aromatic rings. The minimum absolute atomic E-state index is 0.336. The standard InChI is InChI=1S/C14H12BrF2N/c15-14-9(4-3-7-12(14)17)8-13(18)10-5-1-2-6-11(10)16/h1-7,13H,8,18H2. The number of nitrogens with two attached hydrogens (primary N) is 1. The van der Waals surface area contributed by atoms with Gasteiger partial charge in [0.05, 0.1) is 4.47 Å². The molecule has 1 unspecified atom stereocenters. The molecule has 2 N–H and O–H groups in total. The lowest BCUT2D eigenvalue weighted by Gasteiger charge is -2.14. The zero-order valence-corrected chi connectivity index (χ0v) is 11.1. The molecule has 0 amide bonds. The Balaban J connectivity index is 2.24. The second-order valence-electron chi connectivity index (χ2n) is 4.05. The summed E-state index contributed by atoms with van der Waals surface area (Å²) in [6, 6.07) is 10.6. The van der Waals surface area contributed by atoms with E-state index in [4.69, 9.17) is 5.73 Å². The molecule has 94 valence electrons. The molecular weight excluding hydrogens is 300 g/mol. The Hall–Kier alpha value is -1.26. The van der Waals surface area contributed by atoms with Gasteiger partial charge in [0.1, 0.15) is 11.6 Å². The Kier molecular flexibility index (Phi) is 4.09. The molecule has 2 rings (SSSR count). The van der Waals surface area contributed by atoms with Gasteiger partial charge in [0, 0.05) is 11.6 Å². The minimum Gasteiger partial charge on any atom is -0.324 e. The molecule has 0 aromatic heterocycles. The van der Waals surface area contributed by atoms with Gasteiger partial charge in [0.2, 0.25) is 0 Å². The van der Waals surface area contributed by atoms with Crippen LogP contribution in [-0.4, -0.2) is 0 Å². The predicted octanol–water partition coefficient (Wildman–Crippen LogP) is 3.97. The predicted molar refractivity (Wildman–Crippen MR) is 71.1 cm³/mol. The summed E-state index contributed by atoms with van der Waals surface area (Å²) in [6.07, 6.45) is 0.374. The van der Waals surface area contributed by atoms with Crippen LogP contribution in [0.3, 0.4) is 0 Å². The molecule has 0 bridgehead atoms. The Morgan fingerprint density at radius 3 is 2.39 bits per heavy atom. The van der Waals surface area contributed by atoms with Crippen LogP contribution in [0.5, 0.6) is 0 Å². The molecule has 0 saturated carbocycles. The first-order valence-corrected chi connectivity index (χ1v) is 6.32. The van der Waals surface area contributed by atoms with E-state index in [2.05, 4.69) is 15.9 Å². The molecule has 0 saturated heterocycles. The highest BCUT2D eigenvalue weighted by Gasteiger charge is 2.14. The van der Waals surface area contributed by atoms with Crippen molar-refractivity contribution in [3.05, 3.63) is 69.7 Å². The van der Waals surface area contributed by atoms with Crippen LogP contribution in [0.1, 0.15) is 17.2 Å². The van der Waals surface area contributed by atoms with Gasteiger partial charge in [-0.25, -0.2) is 8.78 Å². The van der Waals surface area contributed by atoms with Crippen LogP contribution in [-0.2, 0) is 6.42 Å². The van der Waals surface area contributed by atoms with Crippen LogP contribution in [0, 0.1) is 11.6 Å². The number of hydrogen-bond acceptors (Lipinski definition) is 1. The minimum atomic E-state index is -0.496. The van der Waals surface area contributed by atoms with E-state index < -0.39 is 6.04 Å². The SMILES string of the molecule is NC(Cc1cccc(F)c1Br)c1ccccc1F. The van der Waals surface area contributed by atoms with E-state index in [1.54, 1.807) is 30.3 Å². The second-order valence-corrected chi connectivity index (χ2v) is 4.84. The topological polar surface area (TPSA) is 26.0 Å². The van der Waals surface area contributed by atoms with Gasteiger partial charge in [0.15, 0.2) is 0 Å². The third-order valence-electron chi connectivity index (χ3n) is 2.78. The summed E-state index contributed by atoms with van der Waals surface area (Å²) in [5.74, 6) is -0.675. The number of rotatable bonds is 3. The van der Waals surface area contributed by atoms with E-state index in [9.17, 15) is 8.78 Å². The van der Waals surface area contributed by atoms with Crippen molar-refractivity contribution in [2.24, 2.45) is 5.73 Å². The number of halogens is 3. The van der Waals surface area contributed by atoms with E-state index >= 15 is 0 Å². The molecule has 0 heterocycles. The van der Waals surface area contributed by atoms with Crippen LogP contribution in [0.2, 0.25) is 0 Å². The quantitative estimate of drug-likeness (QED) is 0.912. The van der Waals surface area contributed by atoms with E-state index in [0.717, 1.165) is 5.56 Å². The smallest absolute Gasteiger partial charge is 0.137 e. The fourth-order valence-corrected chi connectivity index (χ4v) is 2.25. The van der Waals surface area contributed by atoms with E-state index in [0.29, 0.717) is 16.5 Å². The molecule has 2 aromatic carbocycles. The Morgan fingerprint density at radius 1 is 1.00 bits per heavy atom. The van der Waals surface area contributed by atoms with Crippen molar-refractivity contribution >= 4 is 15.9 Å². The van der Waals surface area contributed by atoms with Crippen LogP contribution in [0.15, 0.2) is 46.9 Å². The molecule has 0 aliphatic carbocycles. The van der Waals surface area contributed by atoms with Gasteiger partial charge >= 0.3 is 0 Å². The van der Waals surface area contributed by atoms with Gasteiger partial charge in [-0.2, -0.15) is 0 Å². The van der Waals surface area contributed by atoms with Crippen molar-refractivity contribution in [1.82, 2.24) is 0 Å². The van der Waals surface area contributed by atoms with Gasteiger partial charge in [-0.15, -0.1) is 0 Å². The molecule has 0 radical (unpaired) electrons. The molecule has 0 spiro atoms. The van der Waals surface area contributed by atoms with Crippen molar-refractivity contribution < 1.29 is 8.78 Å². The molecule has 0 aliphatic rings. The normalized spacial score (nSPS) is 12.4. The third kappa shape index (κ3) is 2.76. The maximum atomic E-state index is 13.6. The lowest BCUT2D eigenvalue weighted by Crippen LogP contribution is -2.15. The van der Waals surface area contributed by atoms with E-state index in [1.165, 1.54) is 12.1 Å². The van der Waals surface area contributed by atoms with Gasteiger partial charge in [-0.1, -0.05) is 30.3 Å². The zero-order chi connectivity index (χ0) is 13.1. The Morgan fingerprint density at radius 2 is 1.67 bits per heavy atom. The van der Waals surface area contributed by atoms with Crippen molar-refractivity contribution in [3.8, 4) is 0 Å². The molecular formula is C14H12BrF2N. The van der Waals surface area contributed by atoms with E-state index in [-0.39, 0.29) is 11.6 Å². The lowest BCUT2D eigenvalue weighted by atomic mass is 9.99. The number of benzene rings is 2. The zero-order valence-electron chi connectivity index (χ0n) is 9.54. The van der Waals surface area contributed by atoms with Crippen molar-refractivity contribution in [3.63, 3.8) is 0 Å². The van der Waals surface area contributed by atoms with Gasteiger partial charge in [0.25, 0.3) is 0 Å². The summed E-state index contributed by atoms with van der Waals surface area (Å²) < 4.78 is 27.3. The second kappa shape index (κ2) is 5.59. The average molecular weight is 312 g/mol. The largest absolute Gasteiger partial charge is 0.324 e. The maximum Gasteiger partial charge on any atom is 0.137 e. The maximum absolute atomic E-state index is 13.6. The highest BCUT2D eigenvalue weighted by Crippen LogP contribution is 2.25. The van der Waals surface area contributed by atoms with Crippen molar-refractivity contribution in [1.29, 1.82) is 0 Å². The molecule has 0 aliphatic heterocycles. The van der Waals surface area contributed by atoms with Gasteiger partial charge < -0.3 is 5.73 Å². The molecule has 4 heteroatoms. The van der Waals surface area contributed by atoms with Crippen molar-refractivity contribution in [2.45, 2.75) is 12.5 Å². The monoisotopic (exact) mass is 311 g/mol. The summed E-state index contributed by atoms with van der Waals surface area (Å²) in [7, 11) is 0. The van der Waals surface area contributed by atoms with Gasteiger partial charge in [-0.05, 0) is 40.0 Å². The summed E-state index contributed by atoms with van der Waals surface area (Å²) in [5.41, 5.74) is 7.13. The van der Waals surface area contributed by atoms with E-state index in [1.807, 2.05) is 0 Å². The van der Waals surface area contributed by atoms with Crippen LogP contribution >= 0.6 is 15.9 Å². The summed E-state index contributed by atoms with van der Waals surface area (Å²) in [5, 5.41) is 0. The first-order chi connectivity index (χ1) is 8.59. The van der Waals surface area contributed by atoms with Crippen LogP contribution in [0.4, 0.5) is 8.78 Å². The fraction of sp³-hybridized carbons (Fsp3) is 0.143.